The van der Waals surface area contributed by atoms with Gasteiger partial charge in [0.2, 0.25) is 0 Å². The maximum Gasteiger partial charge on any atom is 0.133 e. The molecule has 0 aromatic rings. The Hall–Kier alpha value is -0.590. The van der Waals surface area contributed by atoms with E-state index in [1.807, 2.05) is 6.92 Å². The molecule has 0 saturated heterocycles. The third-order valence-corrected chi connectivity index (χ3v) is 9.49. The van der Waals surface area contributed by atoms with Gasteiger partial charge in [0, 0.05) is 5.92 Å². The summed E-state index contributed by atoms with van der Waals surface area (Å²) in [6.07, 6.45) is 14.8. The maximum atomic E-state index is 12.2. The van der Waals surface area contributed by atoms with Gasteiger partial charge in [0.1, 0.15) is 5.78 Å². The Bertz CT molecular complexity index is 576. The van der Waals surface area contributed by atoms with Gasteiger partial charge in [0.05, 0.1) is 0 Å². The second-order valence-electron chi connectivity index (χ2n) is 9.83. The van der Waals surface area contributed by atoms with Crippen LogP contribution in [0.25, 0.3) is 0 Å². The largest absolute Gasteiger partial charge is 0.300 e. The number of fused-ring (bicyclic) bond motifs is 4. The highest BCUT2D eigenvalue weighted by atomic mass is 16.1. The van der Waals surface area contributed by atoms with Crippen molar-refractivity contribution in [2.75, 3.05) is 0 Å². The van der Waals surface area contributed by atoms with Crippen molar-refractivity contribution >= 4 is 5.78 Å². The molecule has 22 heavy (non-hydrogen) atoms. The minimum atomic E-state index is 0.291. The summed E-state index contributed by atoms with van der Waals surface area (Å²) in [6, 6.07) is 0. The Balaban J connectivity index is 1.54. The van der Waals surface area contributed by atoms with Crippen molar-refractivity contribution in [1.82, 2.24) is 0 Å². The lowest BCUT2D eigenvalue weighted by Crippen LogP contribution is -2.50. The monoisotopic (exact) mass is 298 g/mol. The van der Waals surface area contributed by atoms with Crippen molar-refractivity contribution in [3.63, 3.8) is 0 Å². The molecule has 4 fully saturated rings. The van der Waals surface area contributed by atoms with E-state index in [4.69, 9.17) is 0 Å². The molecule has 0 aliphatic heterocycles. The molecule has 0 radical (unpaired) electrons. The predicted molar refractivity (Wildman–Crippen MR) is 88.2 cm³/mol. The van der Waals surface area contributed by atoms with E-state index >= 15 is 0 Å². The lowest BCUT2D eigenvalue weighted by atomic mass is 9.48. The molecule has 5 aliphatic rings. The molecule has 1 nitrogen and oxygen atoms in total. The van der Waals surface area contributed by atoms with Crippen LogP contribution in [0.4, 0.5) is 0 Å². The fraction of sp³-hybridized carbons (Fsp3) is 0.857. The minimum Gasteiger partial charge on any atom is -0.300 e. The Morgan fingerprint density at radius 1 is 1.05 bits per heavy atom. The van der Waals surface area contributed by atoms with Gasteiger partial charge in [-0.05, 0) is 91.8 Å². The average Bonchev–Trinajstić information content (AvgIpc) is 2.94. The van der Waals surface area contributed by atoms with Crippen LogP contribution in [0, 0.1) is 45.8 Å². The van der Waals surface area contributed by atoms with Gasteiger partial charge in [-0.15, -0.1) is 0 Å². The zero-order valence-electron chi connectivity index (χ0n) is 14.4. The fourth-order valence-corrected chi connectivity index (χ4v) is 8.20. The van der Waals surface area contributed by atoms with Crippen molar-refractivity contribution < 1.29 is 4.79 Å². The van der Waals surface area contributed by atoms with Gasteiger partial charge < -0.3 is 0 Å². The van der Waals surface area contributed by atoms with E-state index in [1.54, 1.807) is 0 Å². The third kappa shape index (κ3) is 1.33. The molecule has 5 unspecified atom stereocenters. The van der Waals surface area contributed by atoms with E-state index in [9.17, 15) is 4.79 Å². The summed E-state index contributed by atoms with van der Waals surface area (Å²) in [7, 11) is 0. The second kappa shape index (κ2) is 3.90. The highest BCUT2D eigenvalue weighted by molar-refractivity contribution is 5.79. The SMILES string of the molecule is CC(=O)[C@H]1CCC2C3C=CC45CC4CC[C@]5(C)C3CC[C@@]21C. The average molecular weight is 298 g/mol. The molecule has 0 amide bonds. The number of rotatable bonds is 1. The standard InChI is InChI=1S/C21H30O/c1-13(22)16-4-5-17-15-7-11-21-12-14(21)6-10-20(21,3)18(15)8-9-19(16,17)2/h7,11,14-18H,4-6,8-10,12H2,1-3H3/t14?,15?,16-,17?,18?,19-,20-,21?/m1/s1. The first-order valence-corrected chi connectivity index (χ1v) is 9.62. The van der Waals surface area contributed by atoms with Crippen molar-refractivity contribution in [1.29, 1.82) is 0 Å². The van der Waals surface area contributed by atoms with E-state index in [-0.39, 0.29) is 0 Å². The van der Waals surface area contributed by atoms with Crippen LogP contribution in [0.15, 0.2) is 12.2 Å². The number of hydrogen-bond donors (Lipinski definition) is 0. The van der Waals surface area contributed by atoms with Crippen LogP contribution in [0.1, 0.15) is 65.7 Å². The molecular weight excluding hydrogens is 268 g/mol. The first-order chi connectivity index (χ1) is 10.4. The quantitative estimate of drug-likeness (QED) is 0.622. The summed E-state index contributed by atoms with van der Waals surface area (Å²) in [6.45, 7) is 6.91. The van der Waals surface area contributed by atoms with Gasteiger partial charge in [-0.2, -0.15) is 0 Å². The predicted octanol–water partition coefficient (Wildman–Crippen LogP) is 5.01. The maximum absolute atomic E-state index is 12.2. The molecule has 120 valence electrons. The number of hydrogen-bond acceptors (Lipinski definition) is 1. The molecule has 1 spiro atoms. The van der Waals surface area contributed by atoms with E-state index < -0.39 is 0 Å². The lowest BCUT2D eigenvalue weighted by Gasteiger charge is -2.56. The molecule has 0 bridgehead atoms. The number of carbonyl (C=O) groups is 1. The highest BCUT2D eigenvalue weighted by Gasteiger charge is 2.72. The van der Waals surface area contributed by atoms with Crippen molar-refractivity contribution in [3.05, 3.63) is 12.2 Å². The van der Waals surface area contributed by atoms with Crippen molar-refractivity contribution in [2.24, 2.45) is 45.8 Å². The number of carbonyl (C=O) groups excluding carboxylic acids is 1. The van der Waals surface area contributed by atoms with Crippen LogP contribution in [-0.2, 0) is 4.79 Å². The smallest absolute Gasteiger partial charge is 0.133 e. The molecule has 4 saturated carbocycles. The van der Waals surface area contributed by atoms with Gasteiger partial charge in [-0.1, -0.05) is 26.0 Å². The Labute approximate surface area is 134 Å². The molecule has 5 aliphatic carbocycles. The van der Waals surface area contributed by atoms with Gasteiger partial charge in [-0.25, -0.2) is 0 Å². The van der Waals surface area contributed by atoms with Gasteiger partial charge >= 0.3 is 0 Å². The van der Waals surface area contributed by atoms with Crippen LogP contribution in [0.5, 0.6) is 0 Å². The van der Waals surface area contributed by atoms with Crippen LogP contribution in [-0.4, -0.2) is 5.78 Å². The van der Waals surface area contributed by atoms with E-state index in [2.05, 4.69) is 26.0 Å². The Kier molecular flexibility index (Phi) is 2.45. The highest BCUT2D eigenvalue weighted by Crippen LogP contribution is 2.79. The fourth-order valence-electron chi connectivity index (χ4n) is 8.20. The first kappa shape index (κ1) is 13.8. The van der Waals surface area contributed by atoms with Crippen LogP contribution < -0.4 is 0 Å². The second-order valence-corrected chi connectivity index (χ2v) is 9.83. The zero-order chi connectivity index (χ0) is 15.3. The summed E-state index contributed by atoms with van der Waals surface area (Å²) >= 11 is 0. The van der Waals surface area contributed by atoms with Crippen LogP contribution >= 0.6 is 0 Å². The summed E-state index contributed by atoms with van der Waals surface area (Å²) in [5, 5.41) is 0. The first-order valence-electron chi connectivity index (χ1n) is 9.62. The normalized spacial score (nSPS) is 61.1. The topological polar surface area (TPSA) is 17.1 Å². The zero-order valence-corrected chi connectivity index (χ0v) is 14.4. The summed E-state index contributed by atoms with van der Waals surface area (Å²) in [5.74, 6) is 4.23. The Morgan fingerprint density at radius 3 is 2.59 bits per heavy atom. The Morgan fingerprint density at radius 2 is 1.86 bits per heavy atom. The molecule has 0 heterocycles. The summed E-state index contributed by atoms with van der Waals surface area (Å²) in [5.41, 5.74) is 1.47. The number of ketones is 1. The van der Waals surface area contributed by atoms with Gasteiger partial charge in [-0.3, -0.25) is 4.79 Å². The lowest BCUT2D eigenvalue weighted by molar-refractivity contribution is -0.127. The van der Waals surface area contributed by atoms with E-state index in [0.717, 1.165) is 30.1 Å². The van der Waals surface area contributed by atoms with E-state index in [1.165, 1.54) is 38.5 Å². The summed E-state index contributed by atoms with van der Waals surface area (Å²) < 4.78 is 0. The number of allylic oxidation sites excluding steroid dienone is 2. The number of Topliss-reactive ketones (excluding diaryl/α,β-unsaturated/α-hetero) is 1. The van der Waals surface area contributed by atoms with Crippen molar-refractivity contribution in [2.45, 2.75) is 65.7 Å². The molecule has 1 heteroatoms. The van der Waals surface area contributed by atoms with Crippen molar-refractivity contribution in [3.8, 4) is 0 Å². The molecule has 0 aromatic heterocycles. The molecule has 0 aromatic carbocycles. The molecule has 8 atom stereocenters. The third-order valence-electron chi connectivity index (χ3n) is 9.49. The van der Waals surface area contributed by atoms with Crippen LogP contribution in [0.2, 0.25) is 0 Å². The van der Waals surface area contributed by atoms with Gasteiger partial charge in [0.15, 0.2) is 0 Å². The van der Waals surface area contributed by atoms with E-state index in [0.29, 0.717) is 27.9 Å². The molecule has 0 N–H and O–H groups in total. The summed E-state index contributed by atoms with van der Waals surface area (Å²) in [4.78, 5) is 12.2. The minimum absolute atomic E-state index is 0.291. The molecule has 5 rings (SSSR count). The van der Waals surface area contributed by atoms with Crippen LogP contribution in [0.3, 0.4) is 0 Å². The van der Waals surface area contributed by atoms with Gasteiger partial charge in [0.25, 0.3) is 0 Å². The molecular formula is C21H30O.